The third-order valence-corrected chi connectivity index (χ3v) is 3.75. The molecule has 0 bridgehead atoms. The Bertz CT molecular complexity index is 857. The van der Waals surface area contributed by atoms with Gasteiger partial charge in [-0.25, -0.2) is 9.97 Å². The van der Waals surface area contributed by atoms with Gasteiger partial charge in [-0.15, -0.1) is 0 Å². The monoisotopic (exact) mass is 335 g/mol. The van der Waals surface area contributed by atoms with Crippen LogP contribution in [0.1, 0.15) is 11.3 Å². The van der Waals surface area contributed by atoms with E-state index in [4.69, 9.17) is 9.47 Å². The quantitative estimate of drug-likeness (QED) is 0.717. The fraction of sp³-hybridized carbons (Fsp3) is 0.167. The summed E-state index contributed by atoms with van der Waals surface area (Å²) < 4.78 is 10.7. The fourth-order valence-corrected chi connectivity index (χ4v) is 2.48. The summed E-state index contributed by atoms with van der Waals surface area (Å²) in [6.07, 6.45) is 3.30. The molecule has 1 aromatic carbocycles. The van der Waals surface area contributed by atoms with Crippen LogP contribution in [0.15, 0.2) is 55.0 Å². The standard InChI is InChI=1S/C18H17N5O2/c1-2-6-19-14(3-1)10-21-18-8-17(22-11-23-18)20-9-13-4-5-15-16(7-13)25-12-24-15/h1-8,11H,9-10,12H2,(H2,20,21,22,23). The second kappa shape index (κ2) is 7.04. The minimum atomic E-state index is 0.281. The minimum absolute atomic E-state index is 0.281. The number of hydrogen-bond donors (Lipinski definition) is 2. The zero-order valence-corrected chi connectivity index (χ0v) is 13.5. The molecule has 0 atom stereocenters. The third kappa shape index (κ3) is 3.77. The highest BCUT2D eigenvalue weighted by Gasteiger charge is 2.13. The number of rotatable bonds is 6. The molecule has 1 aliphatic rings. The molecule has 2 N–H and O–H groups in total. The lowest BCUT2D eigenvalue weighted by molar-refractivity contribution is 0.174. The van der Waals surface area contributed by atoms with Crippen molar-refractivity contribution in [2.24, 2.45) is 0 Å². The number of aromatic nitrogens is 3. The first-order valence-electron chi connectivity index (χ1n) is 7.95. The Labute approximate surface area is 145 Å². The van der Waals surface area contributed by atoms with E-state index in [1.807, 2.05) is 42.5 Å². The van der Waals surface area contributed by atoms with Gasteiger partial charge in [0.2, 0.25) is 6.79 Å². The van der Waals surface area contributed by atoms with Crippen LogP contribution in [0, 0.1) is 0 Å². The van der Waals surface area contributed by atoms with Gasteiger partial charge in [0.05, 0.1) is 12.2 Å². The molecule has 126 valence electrons. The largest absolute Gasteiger partial charge is 0.454 e. The Hall–Kier alpha value is -3.35. The van der Waals surface area contributed by atoms with Crippen molar-refractivity contribution in [1.82, 2.24) is 15.0 Å². The van der Waals surface area contributed by atoms with E-state index < -0.39 is 0 Å². The SMILES string of the molecule is c1ccc(CNc2cc(NCc3ccc4c(c3)OCO4)ncn2)nc1. The van der Waals surface area contributed by atoms with E-state index >= 15 is 0 Å². The first-order chi connectivity index (χ1) is 12.4. The Morgan fingerprint density at radius 2 is 1.68 bits per heavy atom. The number of nitrogens with one attached hydrogen (secondary N) is 2. The molecule has 3 heterocycles. The summed E-state index contributed by atoms with van der Waals surface area (Å²) in [5.74, 6) is 3.05. The third-order valence-electron chi connectivity index (χ3n) is 3.75. The van der Waals surface area contributed by atoms with Crippen LogP contribution in [0.25, 0.3) is 0 Å². The Morgan fingerprint density at radius 3 is 2.52 bits per heavy atom. The first kappa shape index (κ1) is 15.2. The predicted molar refractivity (Wildman–Crippen MR) is 93.5 cm³/mol. The van der Waals surface area contributed by atoms with Crippen LogP contribution in [0.5, 0.6) is 11.5 Å². The molecule has 4 rings (SSSR count). The van der Waals surface area contributed by atoms with Gasteiger partial charge in [0.25, 0.3) is 0 Å². The highest BCUT2D eigenvalue weighted by molar-refractivity contribution is 5.48. The maximum Gasteiger partial charge on any atom is 0.231 e. The van der Waals surface area contributed by atoms with E-state index in [0.717, 1.165) is 34.4 Å². The first-order valence-corrected chi connectivity index (χ1v) is 7.95. The van der Waals surface area contributed by atoms with Crippen LogP contribution in [-0.2, 0) is 13.1 Å². The summed E-state index contributed by atoms with van der Waals surface area (Å²) in [6.45, 7) is 1.52. The van der Waals surface area contributed by atoms with Gasteiger partial charge in [-0.3, -0.25) is 4.98 Å². The van der Waals surface area contributed by atoms with E-state index in [0.29, 0.717) is 13.1 Å². The average Bonchev–Trinajstić information content (AvgIpc) is 3.14. The fourth-order valence-electron chi connectivity index (χ4n) is 2.48. The van der Waals surface area contributed by atoms with Gasteiger partial charge >= 0.3 is 0 Å². The van der Waals surface area contributed by atoms with E-state index in [2.05, 4.69) is 25.6 Å². The highest BCUT2D eigenvalue weighted by Crippen LogP contribution is 2.32. The summed E-state index contributed by atoms with van der Waals surface area (Å²) in [7, 11) is 0. The van der Waals surface area contributed by atoms with Gasteiger partial charge in [-0.05, 0) is 29.8 Å². The lowest BCUT2D eigenvalue weighted by Crippen LogP contribution is -2.06. The molecule has 0 amide bonds. The van der Waals surface area contributed by atoms with Crippen LogP contribution in [0.2, 0.25) is 0 Å². The maximum absolute atomic E-state index is 5.39. The molecule has 0 saturated carbocycles. The van der Waals surface area contributed by atoms with Crippen molar-refractivity contribution in [2.75, 3.05) is 17.4 Å². The smallest absolute Gasteiger partial charge is 0.231 e. The molecule has 0 radical (unpaired) electrons. The predicted octanol–water partition coefficient (Wildman–Crippen LogP) is 2.82. The Kier molecular flexibility index (Phi) is 4.28. The molecule has 7 heteroatoms. The van der Waals surface area contributed by atoms with Crippen LogP contribution < -0.4 is 20.1 Å². The molecule has 1 aliphatic heterocycles. The van der Waals surface area contributed by atoms with Gasteiger partial charge in [-0.1, -0.05) is 12.1 Å². The van der Waals surface area contributed by atoms with Crippen molar-refractivity contribution in [3.63, 3.8) is 0 Å². The van der Waals surface area contributed by atoms with Gasteiger partial charge in [-0.2, -0.15) is 0 Å². The number of nitrogens with zero attached hydrogens (tertiary/aromatic N) is 3. The normalized spacial score (nSPS) is 12.0. The molecule has 2 aromatic heterocycles. The summed E-state index contributed by atoms with van der Waals surface area (Å²) in [5, 5.41) is 6.53. The van der Waals surface area contributed by atoms with Crippen LogP contribution in [-0.4, -0.2) is 21.7 Å². The number of benzene rings is 1. The molecule has 0 spiro atoms. The average molecular weight is 335 g/mol. The number of anilines is 2. The second-order valence-corrected chi connectivity index (χ2v) is 5.50. The summed E-state index contributed by atoms with van der Waals surface area (Å²) in [5.41, 5.74) is 2.04. The number of fused-ring (bicyclic) bond motifs is 1. The molecule has 25 heavy (non-hydrogen) atoms. The van der Waals surface area contributed by atoms with Gasteiger partial charge in [0.15, 0.2) is 11.5 Å². The number of hydrogen-bond acceptors (Lipinski definition) is 7. The van der Waals surface area contributed by atoms with Crippen molar-refractivity contribution >= 4 is 11.6 Å². The molecule has 0 unspecified atom stereocenters. The van der Waals surface area contributed by atoms with Crippen molar-refractivity contribution in [2.45, 2.75) is 13.1 Å². The summed E-state index contributed by atoms with van der Waals surface area (Å²) in [4.78, 5) is 12.8. The zero-order chi connectivity index (χ0) is 16.9. The lowest BCUT2D eigenvalue weighted by atomic mass is 10.2. The van der Waals surface area contributed by atoms with Crippen LogP contribution >= 0.6 is 0 Å². The molecule has 0 aliphatic carbocycles. The van der Waals surface area contributed by atoms with E-state index in [1.165, 1.54) is 6.33 Å². The lowest BCUT2D eigenvalue weighted by Gasteiger charge is -2.09. The maximum atomic E-state index is 5.39. The summed E-state index contributed by atoms with van der Waals surface area (Å²) >= 11 is 0. The van der Waals surface area contributed by atoms with Crippen molar-refractivity contribution in [1.29, 1.82) is 0 Å². The molecule has 3 aromatic rings. The van der Waals surface area contributed by atoms with Crippen molar-refractivity contribution < 1.29 is 9.47 Å². The molecular weight excluding hydrogens is 318 g/mol. The van der Waals surface area contributed by atoms with Gasteiger partial charge < -0.3 is 20.1 Å². The van der Waals surface area contributed by atoms with E-state index in [-0.39, 0.29) is 6.79 Å². The number of ether oxygens (including phenoxy) is 2. The van der Waals surface area contributed by atoms with Crippen LogP contribution in [0.4, 0.5) is 11.6 Å². The van der Waals surface area contributed by atoms with Crippen molar-refractivity contribution in [3.8, 4) is 11.5 Å². The summed E-state index contributed by atoms with van der Waals surface area (Å²) in [6, 6.07) is 13.6. The van der Waals surface area contributed by atoms with Gasteiger partial charge in [0, 0.05) is 18.8 Å². The van der Waals surface area contributed by atoms with E-state index in [9.17, 15) is 0 Å². The topological polar surface area (TPSA) is 81.2 Å². The second-order valence-electron chi connectivity index (χ2n) is 5.50. The zero-order valence-electron chi connectivity index (χ0n) is 13.5. The van der Waals surface area contributed by atoms with E-state index in [1.54, 1.807) is 6.20 Å². The van der Waals surface area contributed by atoms with Crippen LogP contribution in [0.3, 0.4) is 0 Å². The molecule has 0 saturated heterocycles. The molecule has 7 nitrogen and oxygen atoms in total. The van der Waals surface area contributed by atoms with Crippen molar-refractivity contribution in [3.05, 3.63) is 66.2 Å². The minimum Gasteiger partial charge on any atom is -0.454 e. The Morgan fingerprint density at radius 1 is 0.840 bits per heavy atom. The Balaban J connectivity index is 1.36. The molecule has 0 fully saturated rings. The van der Waals surface area contributed by atoms with Gasteiger partial charge in [0.1, 0.15) is 18.0 Å². The number of pyridine rings is 1. The highest BCUT2D eigenvalue weighted by atomic mass is 16.7. The molecular formula is C18H17N5O2.